The summed E-state index contributed by atoms with van der Waals surface area (Å²) in [6.45, 7) is 9.75. The lowest BCUT2D eigenvalue weighted by Crippen LogP contribution is -2.41. The topological polar surface area (TPSA) is 77.4 Å². The molecule has 0 radical (unpaired) electrons. The lowest BCUT2D eigenvalue weighted by molar-refractivity contribution is 0.0701. The third-order valence-electron chi connectivity index (χ3n) is 5.33. The Balaban J connectivity index is 1.73. The third-order valence-corrected chi connectivity index (χ3v) is 7.72. The number of thiazole rings is 1. The Morgan fingerprint density at radius 2 is 1.93 bits per heavy atom. The Bertz CT molecular complexity index is 1290. The van der Waals surface area contributed by atoms with Gasteiger partial charge in [0.05, 0.1) is 21.2 Å². The fourth-order valence-corrected chi connectivity index (χ4v) is 6.38. The van der Waals surface area contributed by atoms with Crippen LogP contribution in [0.4, 0.5) is 0 Å². The minimum absolute atomic E-state index is 0.0102. The summed E-state index contributed by atoms with van der Waals surface area (Å²) in [5, 5.41) is 0. The van der Waals surface area contributed by atoms with Gasteiger partial charge in [-0.05, 0) is 58.9 Å². The number of nitrogens with zero attached hydrogens (tertiary/aromatic N) is 1. The van der Waals surface area contributed by atoms with Crippen LogP contribution in [0.2, 0.25) is 0 Å². The molecule has 160 valence electrons. The van der Waals surface area contributed by atoms with Gasteiger partial charge in [0, 0.05) is 18.0 Å². The van der Waals surface area contributed by atoms with E-state index < -0.39 is 21.7 Å². The van der Waals surface area contributed by atoms with Gasteiger partial charge in [0.15, 0.2) is 0 Å². The van der Waals surface area contributed by atoms with E-state index in [1.54, 1.807) is 22.8 Å². The van der Waals surface area contributed by atoms with E-state index in [0.29, 0.717) is 16.9 Å². The van der Waals surface area contributed by atoms with Gasteiger partial charge < -0.3 is 4.74 Å². The van der Waals surface area contributed by atoms with Crippen molar-refractivity contribution in [1.29, 1.82) is 0 Å². The van der Waals surface area contributed by atoms with Gasteiger partial charge >= 0.3 is 4.87 Å². The van der Waals surface area contributed by atoms with Crippen molar-refractivity contribution in [3.63, 3.8) is 0 Å². The highest BCUT2D eigenvalue weighted by molar-refractivity contribution is 7.89. The molecule has 0 spiro atoms. The number of sulfonamides is 1. The van der Waals surface area contributed by atoms with Gasteiger partial charge in [-0.25, -0.2) is 13.1 Å². The molecule has 3 aromatic rings. The molecule has 0 saturated heterocycles. The zero-order chi connectivity index (χ0) is 21.8. The van der Waals surface area contributed by atoms with Crippen LogP contribution in [-0.4, -0.2) is 18.6 Å². The molecule has 1 atom stereocenters. The molecule has 6 nitrogen and oxygen atoms in total. The van der Waals surface area contributed by atoms with E-state index in [-0.39, 0.29) is 15.8 Å². The summed E-state index contributed by atoms with van der Waals surface area (Å²) in [7, 11) is -3.79. The van der Waals surface area contributed by atoms with Gasteiger partial charge in [-0.1, -0.05) is 29.0 Å². The van der Waals surface area contributed by atoms with Crippen LogP contribution in [0.5, 0.6) is 5.75 Å². The van der Waals surface area contributed by atoms with Gasteiger partial charge in [0.25, 0.3) is 0 Å². The van der Waals surface area contributed by atoms with Crippen molar-refractivity contribution in [2.24, 2.45) is 0 Å². The van der Waals surface area contributed by atoms with Crippen molar-refractivity contribution in [2.75, 3.05) is 0 Å². The zero-order valence-electron chi connectivity index (χ0n) is 17.7. The first-order valence-electron chi connectivity index (χ1n) is 9.94. The molecule has 2 aromatic carbocycles. The first-order valence-corrected chi connectivity index (χ1v) is 12.2. The molecule has 0 aliphatic carbocycles. The normalized spacial score (nSPS) is 18.4. The maximum absolute atomic E-state index is 13.2. The van der Waals surface area contributed by atoms with Crippen LogP contribution in [0.25, 0.3) is 10.2 Å². The summed E-state index contributed by atoms with van der Waals surface area (Å²) in [5.74, 6) is 0.701. The summed E-state index contributed by atoms with van der Waals surface area (Å²) in [4.78, 5) is 12.4. The molecule has 30 heavy (non-hydrogen) atoms. The standard InChI is InChI=1S/C22H26N2O4S2/c1-13(2)24-18-8-7-15(11-20(18)29-21(24)25)30(26,27)23-17-12-22(4,5)28-19-9-6-14(3)10-16(17)19/h6-11,13,17,23H,12H2,1-5H3. The molecular formula is C22H26N2O4S2. The van der Waals surface area contributed by atoms with Crippen molar-refractivity contribution in [3.8, 4) is 5.75 Å². The summed E-state index contributed by atoms with van der Waals surface area (Å²) >= 11 is 1.07. The maximum atomic E-state index is 13.2. The Labute approximate surface area is 180 Å². The highest BCUT2D eigenvalue weighted by Crippen LogP contribution is 2.40. The molecule has 4 rings (SSSR count). The predicted octanol–water partition coefficient (Wildman–Crippen LogP) is 4.53. The fraction of sp³-hybridized carbons (Fsp3) is 0.409. The summed E-state index contributed by atoms with van der Waals surface area (Å²) < 4.78 is 37.8. The van der Waals surface area contributed by atoms with E-state index in [2.05, 4.69) is 4.72 Å². The van der Waals surface area contributed by atoms with Crippen molar-refractivity contribution < 1.29 is 13.2 Å². The zero-order valence-corrected chi connectivity index (χ0v) is 19.4. The first-order chi connectivity index (χ1) is 14.0. The molecule has 0 bridgehead atoms. The van der Waals surface area contributed by atoms with Crippen molar-refractivity contribution in [2.45, 2.75) is 63.6 Å². The second-order valence-electron chi connectivity index (χ2n) is 8.74. The average molecular weight is 447 g/mol. The van der Waals surface area contributed by atoms with Gasteiger partial charge in [-0.2, -0.15) is 0 Å². The molecular weight excluding hydrogens is 420 g/mol. The molecule has 1 aromatic heterocycles. The number of aryl methyl sites for hydroxylation is 1. The number of benzene rings is 2. The number of hydrogen-bond acceptors (Lipinski definition) is 5. The second kappa shape index (κ2) is 7.21. The van der Waals surface area contributed by atoms with E-state index in [1.165, 1.54) is 0 Å². The van der Waals surface area contributed by atoms with Crippen molar-refractivity contribution in [3.05, 3.63) is 57.2 Å². The predicted molar refractivity (Wildman–Crippen MR) is 120 cm³/mol. The molecule has 1 unspecified atom stereocenters. The summed E-state index contributed by atoms with van der Waals surface area (Å²) in [5.41, 5.74) is 2.15. The van der Waals surface area contributed by atoms with Crippen LogP contribution < -0.4 is 14.3 Å². The van der Waals surface area contributed by atoms with E-state index >= 15 is 0 Å². The van der Waals surface area contributed by atoms with Gasteiger partial charge in [-0.15, -0.1) is 0 Å². The Morgan fingerprint density at radius 1 is 1.20 bits per heavy atom. The maximum Gasteiger partial charge on any atom is 0.308 e. The molecule has 0 amide bonds. The highest BCUT2D eigenvalue weighted by atomic mass is 32.2. The van der Waals surface area contributed by atoms with Crippen LogP contribution in [0.15, 0.2) is 46.1 Å². The SMILES string of the molecule is Cc1ccc2c(c1)C(NS(=O)(=O)c1ccc3c(c1)sc(=O)n3C(C)C)CC(C)(C)O2. The minimum atomic E-state index is -3.79. The average Bonchev–Trinajstić information content (AvgIpc) is 2.96. The molecule has 1 N–H and O–H groups in total. The largest absolute Gasteiger partial charge is 0.487 e. The van der Waals surface area contributed by atoms with Gasteiger partial charge in [0.2, 0.25) is 10.0 Å². The van der Waals surface area contributed by atoms with E-state index in [0.717, 1.165) is 28.0 Å². The Kier molecular flexibility index (Phi) is 5.07. The van der Waals surface area contributed by atoms with Crippen LogP contribution in [-0.2, 0) is 10.0 Å². The Hall–Kier alpha value is -2.16. The highest BCUT2D eigenvalue weighted by Gasteiger charge is 2.36. The number of ether oxygens (including phenoxy) is 1. The van der Waals surface area contributed by atoms with Crippen LogP contribution in [0.3, 0.4) is 0 Å². The van der Waals surface area contributed by atoms with Crippen molar-refractivity contribution >= 4 is 31.6 Å². The number of fused-ring (bicyclic) bond motifs is 2. The molecule has 8 heteroatoms. The summed E-state index contributed by atoms with van der Waals surface area (Å²) in [6, 6.07) is 10.3. The molecule has 0 saturated carbocycles. The summed E-state index contributed by atoms with van der Waals surface area (Å²) in [6.07, 6.45) is 0.516. The van der Waals surface area contributed by atoms with E-state index in [9.17, 15) is 13.2 Å². The number of hydrogen-bond donors (Lipinski definition) is 1. The fourth-order valence-electron chi connectivity index (χ4n) is 4.01. The van der Waals surface area contributed by atoms with Crippen LogP contribution in [0, 0.1) is 6.92 Å². The van der Waals surface area contributed by atoms with Gasteiger partial charge in [0.1, 0.15) is 11.4 Å². The second-order valence-corrected chi connectivity index (χ2v) is 11.4. The molecule has 2 heterocycles. The monoisotopic (exact) mass is 446 g/mol. The number of aromatic nitrogens is 1. The van der Waals surface area contributed by atoms with E-state index in [1.807, 2.05) is 52.8 Å². The number of nitrogens with one attached hydrogen (secondary N) is 1. The van der Waals surface area contributed by atoms with Crippen LogP contribution >= 0.6 is 11.3 Å². The Morgan fingerprint density at radius 3 is 2.63 bits per heavy atom. The van der Waals surface area contributed by atoms with E-state index in [4.69, 9.17) is 4.74 Å². The quantitative estimate of drug-likeness (QED) is 0.639. The molecule has 1 aliphatic heterocycles. The molecule has 1 aliphatic rings. The lowest BCUT2D eigenvalue weighted by Gasteiger charge is -2.38. The first kappa shape index (κ1) is 21.1. The minimum Gasteiger partial charge on any atom is -0.487 e. The molecule has 0 fully saturated rings. The number of rotatable bonds is 4. The third kappa shape index (κ3) is 3.79. The van der Waals surface area contributed by atoms with Crippen LogP contribution in [0.1, 0.15) is 57.3 Å². The lowest BCUT2D eigenvalue weighted by atomic mass is 9.89. The smallest absolute Gasteiger partial charge is 0.308 e. The van der Waals surface area contributed by atoms with Crippen molar-refractivity contribution in [1.82, 2.24) is 9.29 Å². The van der Waals surface area contributed by atoms with Gasteiger partial charge in [-0.3, -0.25) is 9.36 Å².